The number of amides is 1. The highest BCUT2D eigenvalue weighted by Gasteiger charge is 2.23. The summed E-state index contributed by atoms with van der Waals surface area (Å²) in [5.41, 5.74) is 2.56. The van der Waals surface area contributed by atoms with E-state index in [-0.39, 0.29) is 17.9 Å². The van der Waals surface area contributed by atoms with Crippen molar-refractivity contribution in [2.24, 2.45) is 0 Å². The highest BCUT2D eigenvalue weighted by Crippen LogP contribution is 2.23. The Kier molecular flexibility index (Phi) is 4.86. The van der Waals surface area contributed by atoms with Gasteiger partial charge in [0.25, 0.3) is 5.56 Å². The highest BCUT2D eigenvalue weighted by atomic mass is 16.2. The van der Waals surface area contributed by atoms with Crippen LogP contribution in [0.4, 0.5) is 5.82 Å². The van der Waals surface area contributed by atoms with E-state index in [2.05, 4.69) is 34.2 Å². The van der Waals surface area contributed by atoms with Crippen LogP contribution in [0.5, 0.6) is 0 Å². The Morgan fingerprint density at radius 1 is 0.968 bits per heavy atom. The van der Waals surface area contributed by atoms with Crippen LogP contribution in [-0.2, 0) is 11.2 Å². The predicted octanol–water partition coefficient (Wildman–Crippen LogP) is 2.67. The van der Waals surface area contributed by atoms with Crippen LogP contribution < -0.4 is 10.5 Å². The molecule has 1 fully saturated rings. The number of aromatic amines is 1. The van der Waals surface area contributed by atoms with Crippen LogP contribution in [0.2, 0.25) is 0 Å². The summed E-state index contributed by atoms with van der Waals surface area (Å²) in [5, 5.41) is 9.10. The standard InChI is InChI=1S/C24H23N5O2/c1-16-14-22(25-20-9-5-4-6-17(16)20)28-10-12-29(13-11-28)23(30)15-21-18-7-2-3-8-19(18)24(31)27-26-21/h2-9,14H,10-13,15H2,1H3,(H,27,31). The summed E-state index contributed by atoms with van der Waals surface area (Å²) in [6, 6.07) is 17.5. The molecule has 7 heteroatoms. The maximum atomic E-state index is 12.9. The third-order valence-corrected chi connectivity index (χ3v) is 5.96. The number of carbonyl (C=O) groups is 1. The molecular weight excluding hydrogens is 390 g/mol. The number of hydrogen-bond donors (Lipinski definition) is 1. The summed E-state index contributed by atoms with van der Waals surface area (Å²) in [5.74, 6) is 0.976. The Morgan fingerprint density at radius 2 is 1.65 bits per heavy atom. The SMILES string of the molecule is Cc1cc(N2CCN(C(=O)Cc3n[nH]c(=O)c4ccccc34)CC2)nc2ccccc12. The Morgan fingerprint density at radius 3 is 2.42 bits per heavy atom. The molecule has 0 radical (unpaired) electrons. The number of nitrogens with one attached hydrogen (secondary N) is 1. The van der Waals surface area contributed by atoms with Crippen LogP contribution in [0.25, 0.3) is 21.7 Å². The van der Waals surface area contributed by atoms with E-state index in [0.717, 1.165) is 29.8 Å². The van der Waals surface area contributed by atoms with Crippen molar-refractivity contribution in [2.75, 3.05) is 31.1 Å². The first-order valence-electron chi connectivity index (χ1n) is 10.5. The molecule has 5 rings (SSSR count). The van der Waals surface area contributed by atoms with Gasteiger partial charge in [0, 0.05) is 37.0 Å². The lowest BCUT2D eigenvalue weighted by atomic mass is 10.1. The molecule has 7 nitrogen and oxygen atoms in total. The normalized spacial score (nSPS) is 14.4. The van der Waals surface area contributed by atoms with E-state index < -0.39 is 0 Å². The second kappa shape index (κ2) is 7.83. The molecule has 1 amide bonds. The van der Waals surface area contributed by atoms with Gasteiger partial charge in [-0.1, -0.05) is 36.4 Å². The van der Waals surface area contributed by atoms with Gasteiger partial charge in [-0.3, -0.25) is 9.59 Å². The zero-order valence-electron chi connectivity index (χ0n) is 17.3. The molecule has 2 aromatic heterocycles. The van der Waals surface area contributed by atoms with E-state index in [1.165, 1.54) is 10.9 Å². The molecule has 156 valence electrons. The molecule has 2 aromatic carbocycles. The van der Waals surface area contributed by atoms with E-state index in [9.17, 15) is 9.59 Å². The molecule has 1 aliphatic rings. The van der Waals surface area contributed by atoms with Crippen molar-refractivity contribution in [3.8, 4) is 0 Å². The third kappa shape index (κ3) is 3.63. The van der Waals surface area contributed by atoms with Crippen molar-refractivity contribution in [2.45, 2.75) is 13.3 Å². The molecule has 3 heterocycles. The fraction of sp³-hybridized carbons (Fsp3) is 0.250. The lowest BCUT2D eigenvalue weighted by Gasteiger charge is -2.35. The maximum Gasteiger partial charge on any atom is 0.272 e. The van der Waals surface area contributed by atoms with Crippen LogP contribution in [0.3, 0.4) is 0 Å². The van der Waals surface area contributed by atoms with Crippen LogP contribution in [-0.4, -0.2) is 52.2 Å². The van der Waals surface area contributed by atoms with Crippen molar-refractivity contribution < 1.29 is 4.79 Å². The second-order valence-corrected chi connectivity index (χ2v) is 7.90. The van der Waals surface area contributed by atoms with E-state index >= 15 is 0 Å². The molecule has 0 atom stereocenters. The van der Waals surface area contributed by atoms with Gasteiger partial charge < -0.3 is 9.80 Å². The number of carbonyl (C=O) groups excluding carboxylic acids is 1. The van der Waals surface area contributed by atoms with Crippen molar-refractivity contribution in [3.63, 3.8) is 0 Å². The predicted molar refractivity (Wildman–Crippen MR) is 121 cm³/mol. The lowest BCUT2D eigenvalue weighted by Crippen LogP contribution is -2.49. The monoisotopic (exact) mass is 413 g/mol. The number of para-hydroxylation sites is 1. The van der Waals surface area contributed by atoms with Crippen LogP contribution in [0.1, 0.15) is 11.3 Å². The first-order chi connectivity index (χ1) is 15.1. The Bertz CT molecular complexity index is 1340. The van der Waals surface area contributed by atoms with Crippen molar-refractivity contribution >= 4 is 33.4 Å². The number of piperazine rings is 1. The van der Waals surface area contributed by atoms with Gasteiger partial charge in [0.15, 0.2) is 0 Å². The molecule has 0 bridgehead atoms. The number of H-pyrrole nitrogens is 1. The minimum Gasteiger partial charge on any atom is -0.353 e. The molecule has 4 aromatic rings. The summed E-state index contributed by atoms with van der Waals surface area (Å²) >= 11 is 0. The number of nitrogens with zero attached hydrogens (tertiary/aromatic N) is 4. The number of hydrogen-bond acceptors (Lipinski definition) is 5. The Hall–Kier alpha value is -3.74. The summed E-state index contributed by atoms with van der Waals surface area (Å²) in [7, 11) is 0. The number of pyridine rings is 1. The first kappa shape index (κ1) is 19.2. The molecule has 1 N–H and O–H groups in total. The van der Waals surface area contributed by atoms with E-state index in [0.29, 0.717) is 24.2 Å². The second-order valence-electron chi connectivity index (χ2n) is 7.90. The number of benzene rings is 2. The zero-order chi connectivity index (χ0) is 21.4. The Balaban J connectivity index is 1.29. The van der Waals surface area contributed by atoms with Crippen molar-refractivity contribution in [1.82, 2.24) is 20.1 Å². The largest absolute Gasteiger partial charge is 0.353 e. The number of rotatable bonds is 3. The van der Waals surface area contributed by atoms with Crippen LogP contribution in [0.15, 0.2) is 59.4 Å². The van der Waals surface area contributed by atoms with Crippen molar-refractivity contribution in [1.29, 1.82) is 0 Å². The summed E-state index contributed by atoms with van der Waals surface area (Å²) in [6.45, 7) is 4.84. The van der Waals surface area contributed by atoms with Gasteiger partial charge in [-0.25, -0.2) is 10.1 Å². The van der Waals surface area contributed by atoms with Crippen LogP contribution in [0, 0.1) is 6.92 Å². The summed E-state index contributed by atoms with van der Waals surface area (Å²) < 4.78 is 0. The van der Waals surface area contributed by atoms with Gasteiger partial charge in [-0.05, 0) is 30.7 Å². The molecule has 1 aliphatic heterocycles. The van der Waals surface area contributed by atoms with E-state index in [1.54, 1.807) is 6.07 Å². The van der Waals surface area contributed by atoms with Gasteiger partial charge in [-0.15, -0.1) is 0 Å². The Labute approximate surface area is 179 Å². The smallest absolute Gasteiger partial charge is 0.272 e. The highest BCUT2D eigenvalue weighted by molar-refractivity contribution is 5.88. The molecule has 31 heavy (non-hydrogen) atoms. The van der Waals surface area contributed by atoms with E-state index in [1.807, 2.05) is 41.3 Å². The molecule has 0 unspecified atom stereocenters. The fourth-order valence-electron chi connectivity index (χ4n) is 4.24. The number of aromatic nitrogens is 3. The van der Waals surface area contributed by atoms with E-state index in [4.69, 9.17) is 4.98 Å². The number of aryl methyl sites for hydroxylation is 1. The third-order valence-electron chi connectivity index (χ3n) is 5.96. The minimum absolute atomic E-state index is 0.0204. The lowest BCUT2D eigenvalue weighted by molar-refractivity contribution is -0.130. The zero-order valence-corrected chi connectivity index (χ0v) is 17.3. The number of anilines is 1. The van der Waals surface area contributed by atoms with Gasteiger partial charge in [-0.2, -0.15) is 5.10 Å². The van der Waals surface area contributed by atoms with Gasteiger partial charge >= 0.3 is 0 Å². The summed E-state index contributed by atoms with van der Waals surface area (Å²) in [4.78, 5) is 33.8. The molecule has 1 saturated heterocycles. The van der Waals surface area contributed by atoms with Crippen molar-refractivity contribution in [3.05, 3.63) is 76.2 Å². The number of fused-ring (bicyclic) bond motifs is 2. The molecule has 0 saturated carbocycles. The average molecular weight is 413 g/mol. The average Bonchev–Trinajstić information content (AvgIpc) is 2.81. The summed E-state index contributed by atoms with van der Waals surface area (Å²) in [6.07, 6.45) is 0.171. The molecular formula is C24H23N5O2. The van der Waals surface area contributed by atoms with Gasteiger partial charge in [0.2, 0.25) is 5.91 Å². The quantitative estimate of drug-likeness (QED) is 0.558. The molecule has 0 spiro atoms. The topological polar surface area (TPSA) is 82.2 Å². The van der Waals surface area contributed by atoms with Gasteiger partial charge in [0.1, 0.15) is 5.82 Å². The fourth-order valence-corrected chi connectivity index (χ4v) is 4.24. The molecule has 0 aliphatic carbocycles. The first-order valence-corrected chi connectivity index (χ1v) is 10.5. The minimum atomic E-state index is -0.237. The van der Waals surface area contributed by atoms with Crippen LogP contribution >= 0.6 is 0 Å². The maximum absolute atomic E-state index is 12.9. The van der Waals surface area contributed by atoms with Gasteiger partial charge in [0.05, 0.1) is 23.0 Å².